The molecular weight excluding hydrogens is 462 g/mol. The van der Waals surface area contributed by atoms with E-state index in [1.807, 2.05) is 0 Å². The number of anilines is 2. The number of alkyl halides is 2. The molecule has 0 saturated heterocycles. The molecule has 1 aliphatic heterocycles. The number of nitrogens with zero attached hydrogens (tertiary/aromatic N) is 1. The lowest BCUT2D eigenvalue weighted by Crippen LogP contribution is -2.34. The number of aromatic nitrogens is 2. The zero-order valence-electron chi connectivity index (χ0n) is 18.3. The van der Waals surface area contributed by atoms with Crippen molar-refractivity contribution in [3.63, 3.8) is 0 Å². The third kappa shape index (κ3) is 4.08. The van der Waals surface area contributed by atoms with Crippen LogP contribution in [0.3, 0.4) is 0 Å². The maximum absolute atomic E-state index is 13.2. The van der Waals surface area contributed by atoms with Crippen LogP contribution in [0.1, 0.15) is 34.5 Å². The minimum Gasteiger partial charge on any atom is -0.493 e. The van der Waals surface area contributed by atoms with Gasteiger partial charge >= 0.3 is 0 Å². The molecule has 0 unspecified atom stereocenters. The molecule has 3 aromatic rings. The van der Waals surface area contributed by atoms with Crippen LogP contribution in [0.4, 0.5) is 20.2 Å². The first-order chi connectivity index (χ1) is 16.4. The van der Waals surface area contributed by atoms with Crippen molar-refractivity contribution < 1.29 is 18.3 Å². The van der Waals surface area contributed by atoms with Crippen molar-refractivity contribution in [2.75, 3.05) is 19.0 Å². The van der Waals surface area contributed by atoms with E-state index >= 15 is 0 Å². The van der Waals surface area contributed by atoms with Crippen LogP contribution in [-0.4, -0.2) is 35.5 Å². The Bertz CT molecular complexity index is 1330. The molecule has 0 radical (unpaired) electrons. The number of methoxy groups -OCH3 is 1. The van der Waals surface area contributed by atoms with Crippen molar-refractivity contribution in [3.05, 3.63) is 58.5 Å². The monoisotopic (exact) mass is 482 g/mol. The van der Waals surface area contributed by atoms with Gasteiger partial charge in [-0.05, 0) is 18.2 Å². The SMILES string of the molecule is COc1c(Cl)cccc1Nc1c(-c2ccncc2C#CC2CC(F)(F)C2)[nH]c2c1C(=O)NCC2. The van der Waals surface area contributed by atoms with Crippen LogP contribution in [0.5, 0.6) is 5.75 Å². The van der Waals surface area contributed by atoms with Gasteiger partial charge < -0.3 is 20.4 Å². The zero-order chi connectivity index (χ0) is 23.9. The second kappa shape index (κ2) is 8.65. The van der Waals surface area contributed by atoms with E-state index in [1.165, 1.54) is 7.11 Å². The molecule has 9 heteroatoms. The lowest BCUT2D eigenvalue weighted by molar-refractivity contribution is -0.0936. The Morgan fingerprint density at radius 3 is 2.88 bits per heavy atom. The largest absolute Gasteiger partial charge is 0.493 e. The molecule has 0 spiro atoms. The fourth-order valence-electron chi connectivity index (χ4n) is 4.31. The van der Waals surface area contributed by atoms with Gasteiger partial charge in [-0.1, -0.05) is 29.5 Å². The van der Waals surface area contributed by atoms with E-state index in [9.17, 15) is 13.6 Å². The van der Waals surface area contributed by atoms with Crippen LogP contribution in [0.15, 0.2) is 36.7 Å². The van der Waals surface area contributed by atoms with Crippen molar-refractivity contribution in [1.82, 2.24) is 15.3 Å². The Balaban J connectivity index is 1.61. The summed E-state index contributed by atoms with van der Waals surface area (Å²) in [6.45, 7) is 0.518. The Labute approximate surface area is 200 Å². The average Bonchev–Trinajstić information content (AvgIpc) is 3.16. The van der Waals surface area contributed by atoms with Crippen molar-refractivity contribution in [2.45, 2.75) is 25.2 Å². The maximum Gasteiger partial charge on any atom is 0.255 e. The zero-order valence-corrected chi connectivity index (χ0v) is 19.0. The fraction of sp³-hybridized carbons (Fsp3) is 0.280. The lowest BCUT2D eigenvalue weighted by atomic mass is 9.82. The molecule has 2 aromatic heterocycles. The summed E-state index contributed by atoms with van der Waals surface area (Å²) in [7, 11) is 1.52. The Kier molecular flexibility index (Phi) is 5.66. The number of pyridine rings is 1. The summed E-state index contributed by atoms with van der Waals surface area (Å²) in [5, 5.41) is 6.63. The van der Waals surface area contributed by atoms with Crippen molar-refractivity contribution in [1.29, 1.82) is 0 Å². The van der Waals surface area contributed by atoms with Crippen LogP contribution in [0, 0.1) is 17.8 Å². The van der Waals surface area contributed by atoms with E-state index in [-0.39, 0.29) is 24.7 Å². The normalized spacial score (nSPS) is 16.5. The molecule has 1 amide bonds. The summed E-state index contributed by atoms with van der Waals surface area (Å²) >= 11 is 6.30. The highest BCUT2D eigenvalue weighted by molar-refractivity contribution is 6.32. The predicted molar refractivity (Wildman–Crippen MR) is 126 cm³/mol. The molecule has 3 heterocycles. The highest BCUT2D eigenvalue weighted by Crippen LogP contribution is 2.43. The molecule has 0 bridgehead atoms. The number of nitrogens with one attached hydrogen (secondary N) is 3. The van der Waals surface area contributed by atoms with E-state index in [2.05, 4.69) is 32.4 Å². The third-order valence-electron chi connectivity index (χ3n) is 5.99. The fourth-order valence-corrected chi connectivity index (χ4v) is 4.56. The molecule has 0 atom stereocenters. The minimum atomic E-state index is -2.63. The quantitative estimate of drug-likeness (QED) is 0.448. The molecule has 174 valence electrons. The second-order valence-corrected chi connectivity index (χ2v) is 8.74. The number of fused-ring (bicyclic) bond motifs is 1. The van der Waals surface area contributed by atoms with E-state index in [4.69, 9.17) is 16.3 Å². The van der Waals surface area contributed by atoms with Gasteiger partial charge in [0, 0.05) is 55.4 Å². The van der Waals surface area contributed by atoms with Gasteiger partial charge in [-0.15, -0.1) is 0 Å². The number of ether oxygens (including phenoxy) is 1. The van der Waals surface area contributed by atoms with Crippen LogP contribution in [0.25, 0.3) is 11.3 Å². The summed E-state index contributed by atoms with van der Waals surface area (Å²) in [6.07, 6.45) is 3.40. The number of benzene rings is 1. The molecule has 1 aromatic carbocycles. The van der Waals surface area contributed by atoms with Crippen LogP contribution < -0.4 is 15.4 Å². The number of para-hydroxylation sites is 1. The highest BCUT2D eigenvalue weighted by Gasteiger charge is 2.44. The number of H-pyrrole nitrogens is 1. The topological polar surface area (TPSA) is 79.0 Å². The maximum atomic E-state index is 13.2. The number of carbonyl (C=O) groups is 1. The number of rotatable bonds is 4. The molecule has 6 nitrogen and oxygen atoms in total. The first-order valence-electron chi connectivity index (χ1n) is 10.8. The molecule has 1 fully saturated rings. The average molecular weight is 483 g/mol. The second-order valence-electron chi connectivity index (χ2n) is 8.33. The number of hydrogen-bond donors (Lipinski definition) is 3. The van der Waals surface area contributed by atoms with Gasteiger partial charge in [-0.3, -0.25) is 9.78 Å². The number of aromatic amines is 1. The summed E-state index contributed by atoms with van der Waals surface area (Å²) in [6, 6.07) is 7.09. The third-order valence-corrected chi connectivity index (χ3v) is 6.29. The lowest BCUT2D eigenvalue weighted by Gasteiger charge is -2.31. The number of halogens is 3. The predicted octanol–water partition coefficient (Wildman–Crippen LogP) is 5.17. The van der Waals surface area contributed by atoms with Crippen LogP contribution in [-0.2, 0) is 6.42 Å². The first-order valence-corrected chi connectivity index (χ1v) is 11.2. The smallest absolute Gasteiger partial charge is 0.255 e. The van der Waals surface area contributed by atoms with E-state index in [0.29, 0.717) is 57.5 Å². The van der Waals surface area contributed by atoms with Gasteiger partial charge in [0.15, 0.2) is 5.75 Å². The number of hydrogen-bond acceptors (Lipinski definition) is 4. The van der Waals surface area contributed by atoms with Crippen molar-refractivity contribution in [3.8, 4) is 28.8 Å². The molecule has 1 saturated carbocycles. The molecule has 2 aliphatic rings. The minimum absolute atomic E-state index is 0.203. The molecule has 1 aliphatic carbocycles. The van der Waals surface area contributed by atoms with E-state index < -0.39 is 5.92 Å². The molecular formula is C25H21ClF2N4O2. The van der Waals surface area contributed by atoms with E-state index in [0.717, 1.165) is 5.69 Å². The van der Waals surface area contributed by atoms with Gasteiger partial charge in [0.25, 0.3) is 11.8 Å². The number of carbonyl (C=O) groups excluding carboxylic acids is 1. The van der Waals surface area contributed by atoms with Crippen LogP contribution in [0.2, 0.25) is 5.02 Å². The summed E-state index contributed by atoms with van der Waals surface area (Å²) < 4.78 is 31.9. The molecule has 34 heavy (non-hydrogen) atoms. The standard InChI is InChI=1S/C25H21ClF2N4O2/c1-34-23-17(26)3-2-4-19(23)32-22-20-18(8-10-30-24(20)33)31-21(22)16-7-9-29-13-15(16)6-5-14-11-25(27,28)12-14/h2-4,7,9,13-14,31-32H,8,10-12H2,1H3,(H,30,33). The molecule has 5 rings (SSSR count). The van der Waals surface area contributed by atoms with Gasteiger partial charge in [-0.25, -0.2) is 8.78 Å². The Morgan fingerprint density at radius 1 is 1.29 bits per heavy atom. The summed E-state index contributed by atoms with van der Waals surface area (Å²) in [5.74, 6) is 3.24. The van der Waals surface area contributed by atoms with Gasteiger partial charge in [0.2, 0.25) is 0 Å². The molecule has 3 N–H and O–H groups in total. The van der Waals surface area contributed by atoms with Crippen molar-refractivity contribution in [2.24, 2.45) is 5.92 Å². The van der Waals surface area contributed by atoms with Gasteiger partial charge in [0.1, 0.15) is 0 Å². The van der Waals surface area contributed by atoms with Gasteiger partial charge in [0.05, 0.1) is 40.3 Å². The summed E-state index contributed by atoms with van der Waals surface area (Å²) in [5.41, 5.74) is 4.37. The van der Waals surface area contributed by atoms with Crippen molar-refractivity contribution >= 4 is 28.9 Å². The van der Waals surface area contributed by atoms with Crippen LogP contribution >= 0.6 is 11.6 Å². The van der Waals surface area contributed by atoms with E-state index in [1.54, 1.807) is 36.7 Å². The highest BCUT2D eigenvalue weighted by atomic mass is 35.5. The first kappa shape index (κ1) is 22.2. The van der Waals surface area contributed by atoms with Gasteiger partial charge in [-0.2, -0.15) is 0 Å². The number of amides is 1. The Morgan fingerprint density at radius 2 is 2.12 bits per heavy atom. The summed E-state index contributed by atoms with van der Waals surface area (Å²) in [4.78, 5) is 20.4. The Hall–Kier alpha value is -3.57.